The van der Waals surface area contributed by atoms with Gasteiger partial charge in [0.2, 0.25) is 5.57 Å². The molecule has 2 rings (SSSR count). The van der Waals surface area contributed by atoms with Crippen LogP contribution in [0.5, 0.6) is 0 Å². The van der Waals surface area contributed by atoms with E-state index in [1.54, 1.807) is 30.3 Å². The standard InChI is InChI=1S/C12H8ClN3O3/c1-18-12(17)9(6-14)11-15-10(16-19-11)7-3-2-4-8(13)5-7/h2-5H,1H3,(H,15,16)/b11-9-. The molecule has 1 aromatic carbocycles. The summed E-state index contributed by atoms with van der Waals surface area (Å²) in [5.41, 5.74) is 2.88. The molecular weight excluding hydrogens is 270 g/mol. The molecule has 96 valence electrons. The van der Waals surface area contributed by atoms with Crippen molar-refractivity contribution in [1.29, 1.82) is 5.26 Å². The number of benzene rings is 1. The van der Waals surface area contributed by atoms with Gasteiger partial charge in [0.15, 0.2) is 5.84 Å². The van der Waals surface area contributed by atoms with Crippen LogP contribution >= 0.6 is 11.6 Å². The van der Waals surface area contributed by atoms with Crippen molar-refractivity contribution in [2.24, 2.45) is 4.99 Å². The van der Waals surface area contributed by atoms with Crippen LogP contribution in [0.3, 0.4) is 0 Å². The van der Waals surface area contributed by atoms with Crippen molar-refractivity contribution in [3.8, 4) is 6.07 Å². The lowest BCUT2D eigenvalue weighted by Gasteiger charge is -2.00. The van der Waals surface area contributed by atoms with Crippen molar-refractivity contribution in [2.45, 2.75) is 0 Å². The van der Waals surface area contributed by atoms with Crippen LogP contribution in [0.1, 0.15) is 5.56 Å². The largest absolute Gasteiger partial charge is 0.465 e. The second-order valence-electron chi connectivity index (χ2n) is 3.46. The van der Waals surface area contributed by atoms with Gasteiger partial charge in [-0.1, -0.05) is 23.7 Å². The van der Waals surface area contributed by atoms with Crippen molar-refractivity contribution in [3.05, 3.63) is 46.3 Å². The third-order valence-corrected chi connectivity index (χ3v) is 2.51. The number of ether oxygens (including phenoxy) is 1. The molecule has 0 unspecified atom stereocenters. The molecule has 1 heterocycles. The zero-order valence-electron chi connectivity index (χ0n) is 9.81. The van der Waals surface area contributed by atoms with E-state index in [1.807, 2.05) is 0 Å². The first-order chi connectivity index (χ1) is 9.15. The molecule has 0 spiro atoms. The average Bonchev–Trinajstić information content (AvgIpc) is 2.89. The van der Waals surface area contributed by atoms with Crippen LogP contribution in [-0.2, 0) is 14.4 Å². The molecule has 0 radical (unpaired) electrons. The zero-order valence-corrected chi connectivity index (χ0v) is 10.6. The Labute approximate surface area is 113 Å². The van der Waals surface area contributed by atoms with Crippen molar-refractivity contribution in [2.75, 3.05) is 7.11 Å². The number of halogens is 1. The zero-order chi connectivity index (χ0) is 13.8. The molecule has 0 saturated heterocycles. The molecule has 19 heavy (non-hydrogen) atoms. The molecule has 0 fully saturated rings. The Morgan fingerprint density at radius 1 is 1.58 bits per heavy atom. The molecule has 7 heteroatoms. The van der Waals surface area contributed by atoms with Crippen molar-refractivity contribution < 1.29 is 14.4 Å². The molecule has 0 aliphatic carbocycles. The molecule has 0 bridgehead atoms. The van der Waals surface area contributed by atoms with Crippen LogP contribution < -0.4 is 5.48 Å². The molecule has 0 atom stereocenters. The Kier molecular flexibility index (Phi) is 3.68. The number of carbonyl (C=O) groups is 1. The van der Waals surface area contributed by atoms with Gasteiger partial charge in [-0.3, -0.25) is 0 Å². The first-order valence-corrected chi connectivity index (χ1v) is 5.53. The summed E-state index contributed by atoms with van der Waals surface area (Å²) in [5.74, 6) is -0.589. The highest BCUT2D eigenvalue weighted by molar-refractivity contribution is 6.31. The summed E-state index contributed by atoms with van der Waals surface area (Å²) in [6.45, 7) is 0. The topological polar surface area (TPSA) is 83.7 Å². The number of nitriles is 1. The Hall–Kier alpha value is -2.52. The number of methoxy groups -OCH3 is 1. The van der Waals surface area contributed by atoms with Gasteiger partial charge in [-0.25, -0.2) is 10.3 Å². The number of rotatable bonds is 2. The summed E-state index contributed by atoms with van der Waals surface area (Å²) >= 11 is 5.86. The van der Waals surface area contributed by atoms with Crippen LogP contribution in [0.4, 0.5) is 0 Å². The summed E-state index contributed by atoms with van der Waals surface area (Å²) in [5, 5.41) is 9.42. The van der Waals surface area contributed by atoms with Gasteiger partial charge in [-0.15, -0.1) is 0 Å². The third kappa shape index (κ3) is 2.67. The molecule has 1 aromatic rings. The predicted octanol–water partition coefficient (Wildman–Crippen LogP) is 1.53. The number of hydrogen-bond donors (Lipinski definition) is 1. The quantitative estimate of drug-likeness (QED) is 0.503. The molecule has 1 aliphatic rings. The second kappa shape index (κ2) is 5.42. The summed E-state index contributed by atoms with van der Waals surface area (Å²) in [4.78, 5) is 20.3. The molecule has 0 saturated carbocycles. The van der Waals surface area contributed by atoms with Gasteiger partial charge in [0, 0.05) is 10.6 Å². The minimum absolute atomic E-state index is 0.135. The van der Waals surface area contributed by atoms with Gasteiger partial charge in [-0.2, -0.15) is 10.3 Å². The summed E-state index contributed by atoms with van der Waals surface area (Å²) < 4.78 is 4.46. The minimum Gasteiger partial charge on any atom is -0.465 e. The fraction of sp³-hybridized carbons (Fsp3) is 0.0833. The maximum Gasteiger partial charge on any atom is 0.354 e. The van der Waals surface area contributed by atoms with E-state index in [-0.39, 0.29) is 11.5 Å². The van der Waals surface area contributed by atoms with Crippen LogP contribution in [0.15, 0.2) is 40.7 Å². The highest BCUT2D eigenvalue weighted by Gasteiger charge is 2.23. The first kappa shape index (κ1) is 12.9. The minimum atomic E-state index is -0.810. The van der Waals surface area contributed by atoms with Gasteiger partial charge < -0.3 is 9.57 Å². The normalized spacial score (nSPS) is 15.7. The van der Waals surface area contributed by atoms with E-state index in [0.717, 1.165) is 0 Å². The maximum atomic E-state index is 11.3. The number of amidine groups is 1. The summed E-state index contributed by atoms with van der Waals surface area (Å²) in [6.07, 6.45) is 0. The number of nitrogens with one attached hydrogen (secondary N) is 1. The van der Waals surface area contributed by atoms with Crippen molar-refractivity contribution in [3.63, 3.8) is 0 Å². The monoisotopic (exact) mass is 277 g/mol. The molecular formula is C12H8ClN3O3. The highest BCUT2D eigenvalue weighted by Crippen LogP contribution is 2.17. The van der Waals surface area contributed by atoms with Crippen LogP contribution in [-0.4, -0.2) is 18.9 Å². The van der Waals surface area contributed by atoms with Gasteiger partial charge in [0.1, 0.15) is 6.07 Å². The molecule has 1 N–H and O–H groups in total. The molecule has 0 amide bonds. The summed E-state index contributed by atoms with van der Waals surface area (Å²) in [6, 6.07) is 8.57. The van der Waals surface area contributed by atoms with Gasteiger partial charge >= 0.3 is 5.97 Å². The van der Waals surface area contributed by atoms with Gasteiger partial charge in [0.05, 0.1) is 7.11 Å². The van der Waals surface area contributed by atoms with E-state index in [0.29, 0.717) is 16.4 Å². The lowest BCUT2D eigenvalue weighted by atomic mass is 10.2. The predicted molar refractivity (Wildman–Crippen MR) is 66.9 cm³/mol. The molecule has 6 nitrogen and oxygen atoms in total. The number of hydrogen-bond acceptors (Lipinski definition) is 6. The fourth-order valence-corrected chi connectivity index (χ4v) is 1.58. The maximum absolute atomic E-state index is 11.3. The Bertz CT molecular complexity index is 631. The Balaban J connectivity index is 2.38. The lowest BCUT2D eigenvalue weighted by Crippen LogP contribution is -2.17. The van der Waals surface area contributed by atoms with Gasteiger partial charge in [-0.05, 0) is 12.1 Å². The Morgan fingerprint density at radius 2 is 2.37 bits per heavy atom. The molecule has 0 aromatic heterocycles. The molecule has 1 aliphatic heterocycles. The van der Waals surface area contributed by atoms with Gasteiger partial charge in [0.25, 0.3) is 5.88 Å². The van der Waals surface area contributed by atoms with E-state index in [1.165, 1.54) is 7.11 Å². The third-order valence-electron chi connectivity index (χ3n) is 2.27. The van der Waals surface area contributed by atoms with E-state index in [4.69, 9.17) is 21.7 Å². The van der Waals surface area contributed by atoms with Crippen LogP contribution in [0.2, 0.25) is 5.02 Å². The Morgan fingerprint density at radius 3 is 3.00 bits per heavy atom. The van der Waals surface area contributed by atoms with E-state index < -0.39 is 5.97 Å². The highest BCUT2D eigenvalue weighted by atomic mass is 35.5. The number of nitrogens with zero attached hydrogens (tertiary/aromatic N) is 2. The van der Waals surface area contributed by atoms with Crippen LogP contribution in [0, 0.1) is 11.3 Å². The van der Waals surface area contributed by atoms with E-state index in [2.05, 4.69) is 15.2 Å². The number of esters is 1. The average molecular weight is 278 g/mol. The first-order valence-electron chi connectivity index (χ1n) is 5.16. The lowest BCUT2D eigenvalue weighted by molar-refractivity contribution is -0.135. The van der Waals surface area contributed by atoms with Crippen molar-refractivity contribution >= 4 is 23.4 Å². The van der Waals surface area contributed by atoms with E-state index >= 15 is 0 Å². The van der Waals surface area contributed by atoms with E-state index in [9.17, 15) is 4.79 Å². The SMILES string of the molecule is COC(=O)/C(C#N)=C1/N=C(c2cccc(Cl)c2)NO1. The second-order valence-corrected chi connectivity index (χ2v) is 3.89. The number of carbonyl (C=O) groups excluding carboxylic acids is 1. The van der Waals surface area contributed by atoms with Crippen LogP contribution in [0.25, 0.3) is 0 Å². The van der Waals surface area contributed by atoms with Crippen molar-refractivity contribution in [1.82, 2.24) is 5.48 Å². The number of hydroxylamine groups is 1. The fourth-order valence-electron chi connectivity index (χ4n) is 1.39. The summed E-state index contributed by atoms with van der Waals surface area (Å²) in [7, 11) is 1.17. The number of aliphatic imine (C=N–C) groups is 1. The smallest absolute Gasteiger partial charge is 0.354 e.